The van der Waals surface area contributed by atoms with Gasteiger partial charge in [-0.3, -0.25) is 4.40 Å². The number of halogens is 1. The van der Waals surface area contributed by atoms with E-state index in [2.05, 4.69) is 20.9 Å². The zero-order chi connectivity index (χ0) is 14.1. The summed E-state index contributed by atoms with van der Waals surface area (Å²) in [4.78, 5) is 4.61. The maximum Gasteiger partial charge on any atom is 0.153 e. The smallest absolute Gasteiger partial charge is 0.153 e. The standard InChI is InChI=1S/C15H14BrN3O/c1-2-20-11-7-5-10(6-8-11)13-14(17)19-9-3-4-12(16)15(19)18-13/h3-9H,2,17H2,1H3. The molecule has 3 rings (SSSR count). The molecule has 0 radical (unpaired) electrons. The predicted octanol–water partition coefficient (Wildman–Crippen LogP) is 3.74. The molecule has 0 unspecified atom stereocenters. The van der Waals surface area contributed by atoms with Gasteiger partial charge in [-0.25, -0.2) is 4.98 Å². The topological polar surface area (TPSA) is 52.5 Å². The highest BCUT2D eigenvalue weighted by Crippen LogP contribution is 2.30. The lowest BCUT2D eigenvalue weighted by Gasteiger charge is -2.04. The van der Waals surface area contributed by atoms with E-state index in [0.29, 0.717) is 12.4 Å². The number of nitrogens with zero attached hydrogens (tertiary/aromatic N) is 2. The van der Waals surface area contributed by atoms with Crippen molar-refractivity contribution < 1.29 is 4.74 Å². The Balaban J connectivity index is 2.10. The molecule has 3 aromatic rings. The van der Waals surface area contributed by atoms with Crippen LogP contribution in [-0.4, -0.2) is 16.0 Å². The van der Waals surface area contributed by atoms with Gasteiger partial charge in [-0.15, -0.1) is 0 Å². The Morgan fingerprint density at radius 3 is 2.65 bits per heavy atom. The summed E-state index contributed by atoms with van der Waals surface area (Å²) >= 11 is 3.49. The lowest BCUT2D eigenvalue weighted by Crippen LogP contribution is -1.94. The van der Waals surface area contributed by atoms with Crippen LogP contribution in [0.5, 0.6) is 5.75 Å². The van der Waals surface area contributed by atoms with Crippen molar-refractivity contribution in [1.29, 1.82) is 0 Å². The van der Waals surface area contributed by atoms with Crippen molar-refractivity contribution in [3.05, 3.63) is 47.1 Å². The minimum atomic E-state index is 0.630. The number of nitrogens with two attached hydrogens (primary N) is 1. The van der Waals surface area contributed by atoms with Crippen LogP contribution in [0.2, 0.25) is 0 Å². The lowest BCUT2D eigenvalue weighted by atomic mass is 10.1. The Morgan fingerprint density at radius 2 is 2.00 bits per heavy atom. The van der Waals surface area contributed by atoms with E-state index in [9.17, 15) is 0 Å². The molecule has 0 fully saturated rings. The average Bonchev–Trinajstić information content (AvgIpc) is 2.79. The van der Waals surface area contributed by atoms with Gasteiger partial charge >= 0.3 is 0 Å². The molecule has 4 nitrogen and oxygen atoms in total. The van der Waals surface area contributed by atoms with Gasteiger partial charge in [0.25, 0.3) is 0 Å². The number of hydrogen-bond donors (Lipinski definition) is 1. The molecule has 102 valence electrons. The van der Waals surface area contributed by atoms with Crippen molar-refractivity contribution in [2.75, 3.05) is 12.3 Å². The third-order valence-corrected chi connectivity index (χ3v) is 3.70. The molecule has 0 aliphatic heterocycles. The molecule has 0 spiro atoms. The second-order valence-corrected chi connectivity index (χ2v) is 5.21. The summed E-state index contributed by atoms with van der Waals surface area (Å²) in [6.45, 7) is 2.62. The van der Waals surface area contributed by atoms with Crippen LogP contribution in [0.15, 0.2) is 47.1 Å². The third kappa shape index (κ3) is 2.14. The first-order chi connectivity index (χ1) is 9.70. The summed E-state index contributed by atoms with van der Waals surface area (Å²) in [5, 5.41) is 0. The van der Waals surface area contributed by atoms with Crippen LogP contribution in [0, 0.1) is 0 Å². The van der Waals surface area contributed by atoms with Crippen LogP contribution in [0.4, 0.5) is 5.82 Å². The van der Waals surface area contributed by atoms with Gasteiger partial charge in [0.2, 0.25) is 0 Å². The number of hydrogen-bond acceptors (Lipinski definition) is 3. The van der Waals surface area contributed by atoms with Crippen LogP contribution in [0.3, 0.4) is 0 Å². The van der Waals surface area contributed by atoms with Gasteiger partial charge in [0.05, 0.1) is 11.1 Å². The summed E-state index contributed by atoms with van der Waals surface area (Å²) < 4.78 is 8.23. The molecule has 20 heavy (non-hydrogen) atoms. The Bertz CT molecular complexity index is 750. The summed E-state index contributed by atoms with van der Waals surface area (Å²) in [6, 6.07) is 11.7. The average molecular weight is 332 g/mol. The molecule has 0 atom stereocenters. The van der Waals surface area contributed by atoms with Gasteiger partial charge < -0.3 is 10.5 Å². The molecule has 0 aliphatic rings. The molecule has 2 aromatic heterocycles. The van der Waals surface area contributed by atoms with E-state index in [1.54, 1.807) is 0 Å². The fourth-order valence-corrected chi connectivity index (χ4v) is 2.57. The van der Waals surface area contributed by atoms with Gasteiger partial charge in [0.1, 0.15) is 17.3 Å². The molecule has 0 bridgehead atoms. The monoisotopic (exact) mass is 331 g/mol. The fraction of sp³-hybridized carbons (Fsp3) is 0.133. The lowest BCUT2D eigenvalue weighted by molar-refractivity contribution is 0.340. The van der Waals surface area contributed by atoms with Gasteiger partial charge in [0.15, 0.2) is 5.65 Å². The number of ether oxygens (including phenoxy) is 1. The van der Waals surface area contributed by atoms with E-state index in [1.165, 1.54) is 0 Å². The normalized spacial score (nSPS) is 10.9. The van der Waals surface area contributed by atoms with Crippen LogP contribution >= 0.6 is 15.9 Å². The number of imidazole rings is 1. The molecule has 2 N–H and O–H groups in total. The minimum Gasteiger partial charge on any atom is -0.494 e. The first-order valence-corrected chi connectivity index (χ1v) is 7.15. The Morgan fingerprint density at radius 1 is 1.25 bits per heavy atom. The van der Waals surface area contributed by atoms with Crippen LogP contribution < -0.4 is 10.5 Å². The van der Waals surface area contributed by atoms with Crippen LogP contribution in [0.1, 0.15) is 6.92 Å². The second kappa shape index (κ2) is 5.17. The SMILES string of the molecule is CCOc1ccc(-c2nc3c(Br)cccn3c2N)cc1. The van der Waals surface area contributed by atoms with Gasteiger partial charge in [-0.1, -0.05) is 0 Å². The first kappa shape index (κ1) is 13.0. The molecule has 0 amide bonds. The van der Waals surface area contributed by atoms with Gasteiger partial charge in [-0.05, 0) is 59.3 Å². The molecule has 1 aromatic carbocycles. The van der Waals surface area contributed by atoms with E-state index in [1.807, 2.05) is 53.9 Å². The number of pyridine rings is 1. The number of nitrogen functional groups attached to an aromatic ring is 1. The van der Waals surface area contributed by atoms with Gasteiger partial charge in [-0.2, -0.15) is 0 Å². The summed E-state index contributed by atoms with van der Waals surface area (Å²) in [6.07, 6.45) is 1.90. The van der Waals surface area contributed by atoms with Crippen molar-refractivity contribution in [1.82, 2.24) is 9.38 Å². The van der Waals surface area contributed by atoms with Crippen LogP contribution in [0.25, 0.3) is 16.9 Å². The number of benzene rings is 1. The second-order valence-electron chi connectivity index (χ2n) is 4.35. The Kier molecular flexibility index (Phi) is 3.36. The zero-order valence-electron chi connectivity index (χ0n) is 11.0. The Hall–Kier alpha value is -2.01. The largest absolute Gasteiger partial charge is 0.494 e. The molecule has 0 saturated carbocycles. The Labute approximate surface area is 125 Å². The number of anilines is 1. The van der Waals surface area contributed by atoms with Crippen molar-refractivity contribution in [2.45, 2.75) is 6.92 Å². The number of fused-ring (bicyclic) bond motifs is 1. The van der Waals surface area contributed by atoms with E-state index in [0.717, 1.165) is 27.1 Å². The highest BCUT2D eigenvalue weighted by atomic mass is 79.9. The van der Waals surface area contributed by atoms with Crippen molar-refractivity contribution in [3.8, 4) is 17.0 Å². The maximum absolute atomic E-state index is 6.18. The molecule has 2 heterocycles. The molecule has 5 heteroatoms. The zero-order valence-corrected chi connectivity index (χ0v) is 12.6. The maximum atomic E-state index is 6.18. The van der Waals surface area contributed by atoms with Crippen LogP contribution in [-0.2, 0) is 0 Å². The van der Waals surface area contributed by atoms with Gasteiger partial charge in [0, 0.05) is 11.8 Å². The highest BCUT2D eigenvalue weighted by Gasteiger charge is 2.12. The number of rotatable bonds is 3. The van der Waals surface area contributed by atoms with Crippen molar-refractivity contribution in [3.63, 3.8) is 0 Å². The molecular weight excluding hydrogens is 318 g/mol. The molecular formula is C15H14BrN3O. The fourth-order valence-electron chi connectivity index (χ4n) is 2.14. The van der Waals surface area contributed by atoms with Crippen molar-refractivity contribution in [2.24, 2.45) is 0 Å². The quantitative estimate of drug-likeness (QED) is 0.795. The predicted molar refractivity (Wildman–Crippen MR) is 83.9 cm³/mol. The van der Waals surface area contributed by atoms with Crippen molar-refractivity contribution >= 4 is 27.4 Å². The number of aromatic nitrogens is 2. The minimum absolute atomic E-state index is 0.630. The van der Waals surface area contributed by atoms with E-state index >= 15 is 0 Å². The summed E-state index contributed by atoms with van der Waals surface area (Å²) in [5.74, 6) is 1.48. The summed E-state index contributed by atoms with van der Waals surface area (Å²) in [5.41, 5.74) is 8.75. The first-order valence-electron chi connectivity index (χ1n) is 6.36. The summed E-state index contributed by atoms with van der Waals surface area (Å²) in [7, 11) is 0. The molecule has 0 aliphatic carbocycles. The van der Waals surface area contributed by atoms with E-state index < -0.39 is 0 Å². The van der Waals surface area contributed by atoms with E-state index in [-0.39, 0.29) is 0 Å². The molecule has 0 saturated heterocycles. The highest BCUT2D eigenvalue weighted by molar-refractivity contribution is 9.10. The third-order valence-electron chi connectivity index (χ3n) is 3.08. The van der Waals surface area contributed by atoms with E-state index in [4.69, 9.17) is 10.5 Å².